The number of benzene rings is 1. The van der Waals surface area contributed by atoms with Crippen LogP contribution in [0, 0.1) is 0 Å². The van der Waals surface area contributed by atoms with Gasteiger partial charge in [-0.2, -0.15) is 0 Å². The molecule has 112 valence electrons. The van der Waals surface area contributed by atoms with Gasteiger partial charge in [0.1, 0.15) is 0 Å². The molecule has 1 fully saturated rings. The number of nitrogens with one attached hydrogen (secondary N) is 1. The predicted molar refractivity (Wildman–Crippen MR) is 80.2 cm³/mol. The maximum atomic E-state index is 12.3. The number of nitrogens with zero attached hydrogens (tertiary/aromatic N) is 1. The quantitative estimate of drug-likeness (QED) is 0.841. The second kappa shape index (κ2) is 5.77. The summed E-state index contributed by atoms with van der Waals surface area (Å²) in [7, 11) is 0. The van der Waals surface area contributed by atoms with E-state index in [1.165, 1.54) is 0 Å². The van der Waals surface area contributed by atoms with E-state index in [4.69, 9.17) is 9.47 Å². The molecule has 0 bridgehead atoms. The predicted octanol–water partition coefficient (Wildman–Crippen LogP) is 1.64. The Bertz CT molecular complexity index is 571. The molecule has 2 atom stereocenters. The lowest BCUT2D eigenvalue weighted by atomic mass is 10.1. The Morgan fingerprint density at radius 1 is 1.33 bits per heavy atom. The lowest BCUT2D eigenvalue weighted by Gasteiger charge is -2.36. The summed E-state index contributed by atoms with van der Waals surface area (Å²) >= 11 is 0. The van der Waals surface area contributed by atoms with Crippen LogP contribution in [-0.2, 0) is 4.79 Å². The molecule has 1 amide bonds. The lowest BCUT2D eigenvalue weighted by Crippen LogP contribution is -2.55. The van der Waals surface area contributed by atoms with E-state index in [1.807, 2.05) is 29.2 Å². The molecule has 5 heteroatoms. The molecule has 0 aromatic heterocycles. The first-order chi connectivity index (χ1) is 10.1. The monoisotopic (exact) mass is 288 g/mol. The first kappa shape index (κ1) is 13.9. The van der Waals surface area contributed by atoms with Crippen molar-refractivity contribution in [2.45, 2.75) is 25.9 Å². The van der Waals surface area contributed by atoms with Crippen LogP contribution in [0.3, 0.4) is 0 Å². The van der Waals surface area contributed by atoms with E-state index in [0.717, 1.165) is 30.2 Å². The van der Waals surface area contributed by atoms with Crippen LogP contribution in [-0.4, -0.2) is 42.8 Å². The Kier molecular flexibility index (Phi) is 3.84. The number of ether oxygens (including phenoxy) is 2. The summed E-state index contributed by atoms with van der Waals surface area (Å²) in [6, 6.07) is 6.22. The zero-order chi connectivity index (χ0) is 14.8. The molecule has 5 nitrogen and oxygen atoms in total. The van der Waals surface area contributed by atoms with Crippen molar-refractivity contribution in [2.75, 3.05) is 19.9 Å². The highest BCUT2D eigenvalue weighted by molar-refractivity contribution is 5.92. The van der Waals surface area contributed by atoms with Gasteiger partial charge in [-0.25, -0.2) is 0 Å². The zero-order valence-corrected chi connectivity index (χ0v) is 12.3. The minimum Gasteiger partial charge on any atom is -0.454 e. The van der Waals surface area contributed by atoms with Gasteiger partial charge >= 0.3 is 0 Å². The number of hydrogen-bond donors (Lipinski definition) is 1. The number of rotatable bonds is 2. The molecule has 2 aliphatic heterocycles. The van der Waals surface area contributed by atoms with Gasteiger partial charge in [0.15, 0.2) is 11.5 Å². The molecule has 0 spiro atoms. The van der Waals surface area contributed by atoms with E-state index < -0.39 is 0 Å². The summed E-state index contributed by atoms with van der Waals surface area (Å²) in [6.45, 7) is 5.99. The molecule has 3 rings (SSSR count). The van der Waals surface area contributed by atoms with Gasteiger partial charge in [-0.05, 0) is 37.6 Å². The molecular formula is C16H20N2O3. The fourth-order valence-corrected chi connectivity index (χ4v) is 2.61. The fourth-order valence-electron chi connectivity index (χ4n) is 2.61. The highest BCUT2D eigenvalue weighted by Crippen LogP contribution is 2.32. The zero-order valence-electron chi connectivity index (χ0n) is 12.3. The molecule has 0 radical (unpaired) electrons. The summed E-state index contributed by atoms with van der Waals surface area (Å²) in [6.07, 6.45) is 3.45. The topological polar surface area (TPSA) is 50.8 Å². The lowest BCUT2D eigenvalue weighted by molar-refractivity contribution is -0.129. The molecule has 2 heterocycles. The third kappa shape index (κ3) is 3.03. The fraction of sp³-hybridized carbons (Fsp3) is 0.438. The average molecular weight is 288 g/mol. The normalized spacial score (nSPS) is 24.6. The van der Waals surface area contributed by atoms with Gasteiger partial charge in [0.2, 0.25) is 12.7 Å². The van der Waals surface area contributed by atoms with Crippen LogP contribution in [0.1, 0.15) is 19.4 Å². The summed E-state index contributed by atoms with van der Waals surface area (Å²) in [5.74, 6) is 1.53. The Balaban J connectivity index is 1.69. The maximum absolute atomic E-state index is 12.3. The van der Waals surface area contributed by atoms with Crippen LogP contribution in [0.25, 0.3) is 6.08 Å². The first-order valence-electron chi connectivity index (χ1n) is 7.25. The standard InChI is InChI=1S/C16H20N2O3/c1-11-9-18(12(2)8-17-11)16(19)6-4-13-3-5-14-15(7-13)21-10-20-14/h3-7,11-12,17H,8-10H2,1-2H3. The van der Waals surface area contributed by atoms with Crippen LogP contribution in [0.4, 0.5) is 0 Å². The maximum Gasteiger partial charge on any atom is 0.246 e. The molecular weight excluding hydrogens is 268 g/mol. The van der Waals surface area contributed by atoms with Crippen molar-refractivity contribution in [1.82, 2.24) is 10.2 Å². The number of carbonyl (C=O) groups excluding carboxylic acids is 1. The molecule has 21 heavy (non-hydrogen) atoms. The van der Waals surface area contributed by atoms with Crippen molar-refractivity contribution >= 4 is 12.0 Å². The van der Waals surface area contributed by atoms with Gasteiger partial charge in [0, 0.05) is 31.2 Å². The van der Waals surface area contributed by atoms with Crippen LogP contribution < -0.4 is 14.8 Å². The van der Waals surface area contributed by atoms with Gasteiger partial charge in [-0.1, -0.05) is 6.07 Å². The Labute approximate surface area is 124 Å². The van der Waals surface area contributed by atoms with Crippen LogP contribution in [0.15, 0.2) is 24.3 Å². The molecule has 1 aromatic rings. The molecule has 1 aromatic carbocycles. The highest BCUT2D eigenvalue weighted by atomic mass is 16.7. The van der Waals surface area contributed by atoms with E-state index in [9.17, 15) is 4.79 Å². The second-order valence-corrected chi connectivity index (χ2v) is 5.59. The third-order valence-electron chi connectivity index (χ3n) is 3.86. The molecule has 2 unspecified atom stereocenters. The summed E-state index contributed by atoms with van der Waals surface area (Å²) in [5.41, 5.74) is 0.934. The number of fused-ring (bicyclic) bond motifs is 1. The van der Waals surface area contributed by atoms with Crippen molar-refractivity contribution in [3.05, 3.63) is 29.8 Å². The van der Waals surface area contributed by atoms with Gasteiger partial charge < -0.3 is 19.7 Å². The SMILES string of the molecule is CC1CN(C(=O)C=Cc2ccc3c(c2)OCO3)C(C)CN1. The minimum atomic E-state index is 0.0496. The van der Waals surface area contributed by atoms with Gasteiger partial charge in [0.05, 0.1) is 0 Å². The van der Waals surface area contributed by atoms with Crippen molar-refractivity contribution in [3.8, 4) is 11.5 Å². The molecule has 1 N–H and O–H groups in total. The van der Waals surface area contributed by atoms with Gasteiger partial charge in [0.25, 0.3) is 0 Å². The average Bonchev–Trinajstić information content (AvgIpc) is 2.94. The second-order valence-electron chi connectivity index (χ2n) is 5.59. The van der Waals surface area contributed by atoms with E-state index in [1.54, 1.807) is 6.08 Å². The Morgan fingerprint density at radius 2 is 2.14 bits per heavy atom. The highest BCUT2D eigenvalue weighted by Gasteiger charge is 2.24. The van der Waals surface area contributed by atoms with E-state index >= 15 is 0 Å². The summed E-state index contributed by atoms with van der Waals surface area (Å²) < 4.78 is 10.6. The summed E-state index contributed by atoms with van der Waals surface area (Å²) in [4.78, 5) is 14.2. The smallest absolute Gasteiger partial charge is 0.246 e. The van der Waals surface area contributed by atoms with Gasteiger partial charge in [-0.3, -0.25) is 4.79 Å². The number of piperazine rings is 1. The minimum absolute atomic E-state index is 0.0496. The largest absolute Gasteiger partial charge is 0.454 e. The Hall–Kier alpha value is -2.01. The number of amides is 1. The molecule has 0 aliphatic carbocycles. The molecule has 0 saturated carbocycles. The Morgan fingerprint density at radius 3 is 3.00 bits per heavy atom. The first-order valence-corrected chi connectivity index (χ1v) is 7.25. The van der Waals surface area contributed by atoms with Crippen molar-refractivity contribution < 1.29 is 14.3 Å². The molecule has 2 aliphatic rings. The van der Waals surface area contributed by atoms with Crippen molar-refractivity contribution in [2.24, 2.45) is 0 Å². The van der Waals surface area contributed by atoms with Crippen molar-refractivity contribution in [1.29, 1.82) is 0 Å². The van der Waals surface area contributed by atoms with Crippen LogP contribution >= 0.6 is 0 Å². The third-order valence-corrected chi connectivity index (χ3v) is 3.86. The van der Waals surface area contributed by atoms with Crippen LogP contribution in [0.2, 0.25) is 0 Å². The summed E-state index contributed by atoms with van der Waals surface area (Å²) in [5, 5.41) is 3.37. The van der Waals surface area contributed by atoms with E-state index in [2.05, 4.69) is 19.2 Å². The molecule has 1 saturated heterocycles. The van der Waals surface area contributed by atoms with Crippen LogP contribution in [0.5, 0.6) is 11.5 Å². The number of hydrogen-bond acceptors (Lipinski definition) is 4. The van der Waals surface area contributed by atoms with E-state index in [0.29, 0.717) is 6.04 Å². The number of carbonyl (C=O) groups is 1. The van der Waals surface area contributed by atoms with E-state index in [-0.39, 0.29) is 18.7 Å². The van der Waals surface area contributed by atoms with Crippen molar-refractivity contribution in [3.63, 3.8) is 0 Å². The van der Waals surface area contributed by atoms with Gasteiger partial charge in [-0.15, -0.1) is 0 Å².